The summed E-state index contributed by atoms with van der Waals surface area (Å²) in [6.45, 7) is 6.18. The highest BCUT2D eigenvalue weighted by Crippen LogP contribution is 2.42. The van der Waals surface area contributed by atoms with Gasteiger partial charge in [-0.25, -0.2) is 0 Å². The summed E-state index contributed by atoms with van der Waals surface area (Å²) in [4.78, 5) is 0. The van der Waals surface area contributed by atoms with E-state index in [2.05, 4.69) is 43.4 Å². The van der Waals surface area contributed by atoms with Gasteiger partial charge in [0, 0.05) is 25.1 Å². The molecule has 1 aliphatic rings. The zero-order valence-electron chi connectivity index (χ0n) is 12.3. The molecule has 106 valence electrons. The molecule has 0 aliphatic heterocycles. The van der Waals surface area contributed by atoms with Crippen molar-refractivity contribution in [3.05, 3.63) is 35.4 Å². The monoisotopic (exact) mass is 262 g/mol. The molecule has 0 spiro atoms. The molecule has 1 saturated carbocycles. The summed E-state index contributed by atoms with van der Waals surface area (Å²) in [5.41, 5.74) is 8.43. The van der Waals surface area contributed by atoms with E-state index in [9.17, 15) is 0 Å². The number of hydrogen-bond acceptors (Lipinski definition) is 3. The van der Waals surface area contributed by atoms with Crippen LogP contribution in [0, 0.1) is 5.41 Å². The lowest BCUT2D eigenvalue weighted by atomic mass is 9.64. The number of benzene rings is 1. The minimum absolute atomic E-state index is 0.230. The molecule has 1 aromatic carbocycles. The van der Waals surface area contributed by atoms with Crippen molar-refractivity contribution in [3.63, 3.8) is 0 Å². The number of hydrogen-bond donors (Lipinski definition) is 2. The Kier molecular flexibility index (Phi) is 4.61. The Morgan fingerprint density at radius 2 is 1.89 bits per heavy atom. The molecule has 2 unspecified atom stereocenters. The van der Waals surface area contributed by atoms with Crippen molar-refractivity contribution in [2.24, 2.45) is 11.1 Å². The highest BCUT2D eigenvalue weighted by atomic mass is 16.5. The maximum absolute atomic E-state index is 5.55. The third kappa shape index (κ3) is 3.16. The predicted octanol–water partition coefficient (Wildman–Crippen LogP) is 2.09. The van der Waals surface area contributed by atoms with Gasteiger partial charge in [0.2, 0.25) is 0 Å². The predicted molar refractivity (Wildman–Crippen MR) is 79.0 cm³/mol. The minimum atomic E-state index is 0.230. The molecule has 1 aromatic rings. The summed E-state index contributed by atoms with van der Waals surface area (Å²) < 4.78 is 5.47. The molecule has 2 rings (SSSR count). The molecular formula is C16H26N2O. The first kappa shape index (κ1) is 14.5. The summed E-state index contributed by atoms with van der Waals surface area (Å²) in [6.07, 6.45) is 2.45. The van der Waals surface area contributed by atoms with E-state index in [0.717, 1.165) is 19.4 Å². The van der Waals surface area contributed by atoms with Crippen molar-refractivity contribution in [2.75, 3.05) is 13.7 Å². The van der Waals surface area contributed by atoms with Gasteiger partial charge in [-0.15, -0.1) is 0 Å². The summed E-state index contributed by atoms with van der Waals surface area (Å²) in [5, 5.41) is 3.64. The molecule has 19 heavy (non-hydrogen) atoms. The van der Waals surface area contributed by atoms with E-state index in [1.807, 2.05) is 0 Å². The van der Waals surface area contributed by atoms with E-state index in [1.165, 1.54) is 11.1 Å². The Balaban J connectivity index is 1.83. The van der Waals surface area contributed by atoms with Crippen LogP contribution in [0.25, 0.3) is 0 Å². The van der Waals surface area contributed by atoms with Crippen LogP contribution in [0.3, 0.4) is 0 Å². The van der Waals surface area contributed by atoms with E-state index in [1.54, 1.807) is 7.11 Å². The Morgan fingerprint density at radius 1 is 1.26 bits per heavy atom. The van der Waals surface area contributed by atoms with Crippen LogP contribution < -0.4 is 11.1 Å². The van der Waals surface area contributed by atoms with Crippen LogP contribution in [-0.4, -0.2) is 25.8 Å². The topological polar surface area (TPSA) is 47.3 Å². The lowest BCUT2D eigenvalue weighted by Gasteiger charge is -2.51. The van der Waals surface area contributed by atoms with Crippen molar-refractivity contribution < 1.29 is 4.74 Å². The molecule has 2 atom stereocenters. The molecule has 3 N–H and O–H groups in total. The standard InChI is InChI=1S/C16H26N2O/c1-16(2)14(10-15(16)19-3)18-11-13-6-4-12(5-7-13)8-9-17/h4-7,14-15,18H,8-11,17H2,1-3H3. The highest BCUT2D eigenvalue weighted by molar-refractivity contribution is 5.23. The van der Waals surface area contributed by atoms with E-state index in [0.29, 0.717) is 18.7 Å². The van der Waals surface area contributed by atoms with E-state index in [4.69, 9.17) is 10.5 Å². The van der Waals surface area contributed by atoms with E-state index in [-0.39, 0.29) is 5.41 Å². The minimum Gasteiger partial charge on any atom is -0.381 e. The molecule has 1 aliphatic carbocycles. The Labute approximate surface area is 116 Å². The van der Waals surface area contributed by atoms with Crippen LogP contribution in [0.2, 0.25) is 0 Å². The molecule has 0 radical (unpaired) electrons. The first-order valence-corrected chi connectivity index (χ1v) is 7.12. The van der Waals surface area contributed by atoms with Crippen LogP contribution in [-0.2, 0) is 17.7 Å². The normalized spacial score (nSPS) is 25.1. The molecule has 3 nitrogen and oxygen atoms in total. The van der Waals surface area contributed by atoms with Gasteiger partial charge in [-0.05, 0) is 30.5 Å². The molecule has 0 amide bonds. The van der Waals surface area contributed by atoms with Crippen molar-refractivity contribution in [1.82, 2.24) is 5.32 Å². The fourth-order valence-electron chi connectivity index (χ4n) is 2.86. The average Bonchev–Trinajstić information content (AvgIpc) is 2.40. The number of nitrogens with one attached hydrogen (secondary N) is 1. The van der Waals surface area contributed by atoms with Gasteiger partial charge in [-0.3, -0.25) is 0 Å². The van der Waals surface area contributed by atoms with E-state index >= 15 is 0 Å². The lowest BCUT2D eigenvalue weighted by Crippen LogP contribution is -2.60. The van der Waals surface area contributed by atoms with Gasteiger partial charge in [0.05, 0.1) is 6.10 Å². The highest BCUT2D eigenvalue weighted by Gasteiger charge is 2.48. The molecule has 0 saturated heterocycles. The lowest BCUT2D eigenvalue weighted by molar-refractivity contribution is -0.0979. The fraction of sp³-hybridized carbons (Fsp3) is 0.625. The second-order valence-corrected chi connectivity index (χ2v) is 6.07. The molecule has 0 bridgehead atoms. The zero-order chi connectivity index (χ0) is 13.9. The second kappa shape index (κ2) is 6.04. The van der Waals surface area contributed by atoms with Crippen molar-refractivity contribution >= 4 is 0 Å². The first-order chi connectivity index (χ1) is 9.07. The number of nitrogens with two attached hydrogens (primary N) is 1. The summed E-state index contributed by atoms with van der Waals surface area (Å²) in [5.74, 6) is 0. The van der Waals surface area contributed by atoms with Crippen LogP contribution >= 0.6 is 0 Å². The molecular weight excluding hydrogens is 236 g/mol. The van der Waals surface area contributed by atoms with Crippen LogP contribution in [0.15, 0.2) is 24.3 Å². The Hall–Kier alpha value is -0.900. The van der Waals surface area contributed by atoms with Gasteiger partial charge >= 0.3 is 0 Å². The number of rotatable bonds is 6. The largest absolute Gasteiger partial charge is 0.381 e. The number of ether oxygens (including phenoxy) is 1. The average molecular weight is 262 g/mol. The molecule has 1 fully saturated rings. The molecule has 0 aromatic heterocycles. The first-order valence-electron chi connectivity index (χ1n) is 7.12. The second-order valence-electron chi connectivity index (χ2n) is 6.07. The fourth-order valence-corrected chi connectivity index (χ4v) is 2.86. The van der Waals surface area contributed by atoms with Gasteiger partial charge < -0.3 is 15.8 Å². The van der Waals surface area contributed by atoms with Gasteiger partial charge in [0.25, 0.3) is 0 Å². The smallest absolute Gasteiger partial charge is 0.0652 e. The summed E-state index contributed by atoms with van der Waals surface area (Å²) in [7, 11) is 1.80. The van der Waals surface area contributed by atoms with Crippen molar-refractivity contribution in [3.8, 4) is 0 Å². The van der Waals surface area contributed by atoms with Crippen molar-refractivity contribution in [1.29, 1.82) is 0 Å². The molecule has 0 heterocycles. The van der Waals surface area contributed by atoms with Gasteiger partial charge in [-0.1, -0.05) is 38.1 Å². The van der Waals surface area contributed by atoms with Gasteiger partial charge in [0.15, 0.2) is 0 Å². The molecule has 3 heteroatoms. The Bertz CT molecular complexity index is 400. The van der Waals surface area contributed by atoms with Gasteiger partial charge in [0.1, 0.15) is 0 Å². The van der Waals surface area contributed by atoms with Crippen LogP contribution in [0.4, 0.5) is 0 Å². The zero-order valence-corrected chi connectivity index (χ0v) is 12.3. The third-order valence-corrected chi connectivity index (χ3v) is 4.47. The maximum atomic E-state index is 5.55. The van der Waals surface area contributed by atoms with Gasteiger partial charge in [-0.2, -0.15) is 0 Å². The van der Waals surface area contributed by atoms with Crippen molar-refractivity contribution in [2.45, 2.75) is 45.4 Å². The quantitative estimate of drug-likeness (QED) is 0.825. The maximum Gasteiger partial charge on any atom is 0.0652 e. The summed E-state index contributed by atoms with van der Waals surface area (Å²) in [6, 6.07) is 9.28. The SMILES string of the molecule is COC1CC(NCc2ccc(CCN)cc2)C1(C)C. The Morgan fingerprint density at radius 3 is 2.42 bits per heavy atom. The third-order valence-electron chi connectivity index (χ3n) is 4.47. The van der Waals surface area contributed by atoms with Crippen LogP contribution in [0.1, 0.15) is 31.4 Å². The summed E-state index contributed by atoms with van der Waals surface area (Å²) >= 11 is 0. The number of methoxy groups -OCH3 is 1. The van der Waals surface area contributed by atoms with E-state index < -0.39 is 0 Å². The van der Waals surface area contributed by atoms with Crippen LogP contribution in [0.5, 0.6) is 0 Å².